The molecule has 0 saturated carbocycles. The molecule has 0 aliphatic rings. The van der Waals surface area contributed by atoms with Gasteiger partial charge in [0.15, 0.2) is 5.78 Å². The summed E-state index contributed by atoms with van der Waals surface area (Å²) in [7, 11) is 1.54. The van der Waals surface area contributed by atoms with Crippen LogP contribution in [-0.2, 0) is 23.9 Å². The molecule has 3 aromatic rings. The Morgan fingerprint density at radius 1 is 0.972 bits per heavy atom. The monoisotopic (exact) mass is 558 g/mol. The molecule has 0 aliphatic heterocycles. The van der Waals surface area contributed by atoms with E-state index in [4.69, 9.17) is 34.8 Å². The van der Waals surface area contributed by atoms with Gasteiger partial charge in [0.25, 0.3) is 9.70 Å². The van der Waals surface area contributed by atoms with Crippen molar-refractivity contribution in [1.29, 1.82) is 0 Å². The van der Waals surface area contributed by atoms with Crippen LogP contribution in [0.4, 0.5) is 13.2 Å². The number of carbonyl (C=O) groups is 2. The lowest BCUT2D eigenvalue weighted by Gasteiger charge is -2.22. The highest BCUT2D eigenvalue weighted by Crippen LogP contribution is 2.31. The van der Waals surface area contributed by atoms with Crippen molar-refractivity contribution >= 4 is 46.5 Å². The van der Waals surface area contributed by atoms with Gasteiger partial charge in [0.2, 0.25) is 0 Å². The van der Waals surface area contributed by atoms with E-state index in [1.54, 1.807) is 13.0 Å². The van der Waals surface area contributed by atoms with E-state index in [-0.39, 0.29) is 17.8 Å². The molecule has 0 unspecified atom stereocenters. The first-order valence-electron chi connectivity index (χ1n) is 11.1. The van der Waals surface area contributed by atoms with Gasteiger partial charge in [0, 0.05) is 43.5 Å². The summed E-state index contributed by atoms with van der Waals surface area (Å²) in [4.78, 5) is 26.6. The number of alkyl halides is 6. The first-order chi connectivity index (χ1) is 16.8. The Morgan fingerprint density at radius 2 is 1.64 bits per heavy atom. The maximum absolute atomic E-state index is 13.2. The number of benzene rings is 2. The minimum atomic E-state index is -4.48. The Hall–Kier alpha value is -2.48. The predicted octanol–water partition coefficient (Wildman–Crippen LogP) is 7.13. The molecule has 36 heavy (non-hydrogen) atoms. The summed E-state index contributed by atoms with van der Waals surface area (Å²) in [5.41, 5.74) is 2.27. The van der Waals surface area contributed by atoms with Crippen LogP contribution in [-0.4, -0.2) is 38.5 Å². The summed E-state index contributed by atoms with van der Waals surface area (Å²) in [6, 6.07) is 16.0. The van der Waals surface area contributed by atoms with Crippen molar-refractivity contribution in [3.63, 3.8) is 0 Å². The number of amides is 1. The van der Waals surface area contributed by atoms with E-state index >= 15 is 0 Å². The first-order valence-corrected chi connectivity index (χ1v) is 12.2. The molecular formula is C26H24Cl3F3N2O2. The Balaban J connectivity index is 1.86. The summed E-state index contributed by atoms with van der Waals surface area (Å²) in [5.74, 6) is -0.928. The number of aromatic nitrogens is 1. The Labute approximate surface area is 222 Å². The Bertz CT molecular complexity index is 1240. The minimum absolute atomic E-state index is 0.163. The van der Waals surface area contributed by atoms with E-state index in [0.29, 0.717) is 30.8 Å². The van der Waals surface area contributed by atoms with Crippen LogP contribution in [0, 0.1) is 6.92 Å². The fourth-order valence-electron chi connectivity index (χ4n) is 3.99. The summed E-state index contributed by atoms with van der Waals surface area (Å²) in [6.07, 6.45) is -4.13. The lowest BCUT2D eigenvalue weighted by atomic mass is 10.0. The zero-order valence-corrected chi connectivity index (χ0v) is 21.8. The van der Waals surface area contributed by atoms with E-state index in [0.717, 1.165) is 23.4 Å². The molecule has 1 heterocycles. The third kappa shape index (κ3) is 6.84. The van der Waals surface area contributed by atoms with Gasteiger partial charge in [-0.25, -0.2) is 0 Å². The molecule has 0 saturated heterocycles. The van der Waals surface area contributed by atoms with Crippen LogP contribution in [0.1, 0.15) is 33.6 Å². The number of nitrogens with zero attached hydrogens (tertiary/aromatic N) is 2. The number of hydrogen-bond acceptors (Lipinski definition) is 2. The zero-order valence-electron chi connectivity index (χ0n) is 19.6. The minimum Gasteiger partial charge on any atom is -0.344 e. The van der Waals surface area contributed by atoms with Gasteiger partial charge in [-0.1, -0.05) is 83.3 Å². The highest BCUT2D eigenvalue weighted by Gasteiger charge is 2.33. The number of halogens is 6. The van der Waals surface area contributed by atoms with Crippen LogP contribution in [0.2, 0.25) is 0 Å². The lowest BCUT2D eigenvalue weighted by Crippen LogP contribution is -2.37. The zero-order chi connectivity index (χ0) is 26.7. The number of rotatable bonds is 8. The van der Waals surface area contributed by atoms with Crippen molar-refractivity contribution in [3.05, 3.63) is 83.0 Å². The van der Waals surface area contributed by atoms with Crippen molar-refractivity contribution in [1.82, 2.24) is 9.47 Å². The third-order valence-corrected chi connectivity index (χ3v) is 6.30. The second-order valence-electron chi connectivity index (χ2n) is 8.42. The maximum Gasteiger partial charge on any atom is 0.416 e. The van der Waals surface area contributed by atoms with Crippen LogP contribution in [0.25, 0.3) is 11.3 Å². The molecule has 4 nitrogen and oxygen atoms in total. The Kier molecular flexibility index (Phi) is 8.80. The molecule has 0 N–H and O–H groups in total. The van der Waals surface area contributed by atoms with Gasteiger partial charge in [0.05, 0.1) is 5.56 Å². The number of carbonyl (C=O) groups excluding carboxylic acids is 2. The van der Waals surface area contributed by atoms with Crippen LogP contribution in [0.3, 0.4) is 0 Å². The standard InChI is InChI=1S/C26H24Cl3F3N2O2/c1-17-21(23(35)15-18-8-6-11-20(14-18)26(30,31)32)16-22(19-9-4-3-5-10-19)34(17)13-7-12-33(2)24(36)25(27,28)29/h3-6,8-11,14,16H,7,12-13,15H2,1-2H3. The van der Waals surface area contributed by atoms with Crippen LogP contribution < -0.4 is 0 Å². The van der Waals surface area contributed by atoms with Crippen LogP contribution in [0.15, 0.2) is 60.7 Å². The van der Waals surface area contributed by atoms with Crippen molar-refractivity contribution in [3.8, 4) is 11.3 Å². The summed E-state index contributed by atoms with van der Waals surface area (Å²) in [6.45, 7) is 2.57. The van der Waals surface area contributed by atoms with Gasteiger partial charge in [-0.2, -0.15) is 13.2 Å². The molecule has 0 aliphatic carbocycles. The number of hydrogen-bond donors (Lipinski definition) is 0. The quantitative estimate of drug-likeness (QED) is 0.218. The van der Waals surface area contributed by atoms with Gasteiger partial charge in [-0.3, -0.25) is 9.59 Å². The smallest absolute Gasteiger partial charge is 0.344 e. The summed E-state index contributed by atoms with van der Waals surface area (Å²) < 4.78 is 39.2. The Morgan fingerprint density at radius 3 is 2.25 bits per heavy atom. The van der Waals surface area contributed by atoms with E-state index in [9.17, 15) is 22.8 Å². The molecule has 1 amide bonds. The van der Waals surface area contributed by atoms with Gasteiger partial charge < -0.3 is 9.47 Å². The van der Waals surface area contributed by atoms with Crippen molar-refractivity contribution in [2.24, 2.45) is 0 Å². The highest BCUT2D eigenvalue weighted by molar-refractivity contribution is 6.76. The largest absolute Gasteiger partial charge is 0.416 e. The normalized spacial score (nSPS) is 12.0. The van der Waals surface area contributed by atoms with E-state index in [2.05, 4.69) is 0 Å². The second-order valence-corrected chi connectivity index (χ2v) is 10.7. The molecule has 10 heteroatoms. The first kappa shape index (κ1) is 28.1. The SMILES string of the molecule is Cc1c(C(=O)Cc2cccc(C(F)(F)F)c2)cc(-c2ccccc2)n1CCCN(C)C(=O)C(Cl)(Cl)Cl. The van der Waals surface area contributed by atoms with Gasteiger partial charge in [-0.15, -0.1) is 0 Å². The average molecular weight is 560 g/mol. The van der Waals surface area contributed by atoms with Crippen molar-refractivity contribution < 1.29 is 22.8 Å². The fraction of sp³-hybridized carbons (Fsp3) is 0.308. The average Bonchev–Trinajstić information content (AvgIpc) is 3.14. The van der Waals surface area contributed by atoms with Crippen molar-refractivity contribution in [2.75, 3.05) is 13.6 Å². The highest BCUT2D eigenvalue weighted by atomic mass is 35.6. The molecule has 0 radical (unpaired) electrons. The molecule has 192 valence electrons. The molecule has 0 fully saturated rings. The molecule has 0 spiro atoms. The summed E-state index contributed by atoms with van der Waals surface area (Å²) >= 11 is 17.0. The van der Waals surface area contributed by atoms with Crippen LogP contribution >= 0.6 is 34.8 Å². The molecule has 0 atom stereocenters. The third-order valence-electron chi connectivity index (χ3n) is 5.82. The maximum atomic E-state index is 13.2. The number of Topliss-reactive ketones (excluding diaryl/α,β-unsaturated/α-hetero) is 1. The fourth-order valence-corrected chi connectivity index (χ4v) is 4.42. The van der Waals surface area contributed by atoms with E-state index in [1.807, 2.05) is 34.9 Å². The van der Waals surface area contributed by atoms with Gasteiger partial charge >= 0.3 is 6.18 Å². The lowest BCUT2D eigenvalue weighted by molar-refractivity contribution is -0.137. The molecule has 0 bridgehead atoms. The van der Waals surface area contributed by atoms with Gasteiger partial charge in [0.1, 0.15) is 0 Å². The molecule has 1 aromatic heterocycles. The second kappa shape index (κ2) is 11.3. The van der Waals surface area contributed by atoms with Gasteiger partial charge in [-0.05, 0) is 36.6 Å². The van der Waals surface area contributed by atoms with Crippen molar-refractivity contribution in [2.45, 2.75) is 36.3 Å². The van der Waals surface area contributed by atoms with Crippen LogP contribution in [0.5, 0.6) is 0 Å². The molecular weight excluding hydrogens is 536 g/mol. The van der Waals surface area contributed by atoms with E-state index in [1.165, 1.54) is 24.1 Å². The number of ketones is 1. The topological polar surface area (TPSA) is 42.3 Å². The summed E-state index contributed by atoms with van der Waals surface area (Å²) in [5, 5.41) is 0. The van der Waals surface area contributed by atoms with E-state index < -0.39 is 21.4 Å². The molecule has 3 rings (SSSR count). The molecule has 2 aromatic carbocycles. The predicted molar refractivity (Wildman–Crippen MR) is 137 cm³/mol.